The van der Waals surface area contributed by atoms with Gasteiger partial charge in [0.05, 0.1) is 30.1 Å². The lowest BCUT2D eigenvalue weighted by Crippen LogP contribution is -2.40. The second-order valence-electron chi connectivity index (χ2n) is 10.4. The number of hydrogen-bond donors (Lipinski definition) is 2. The van der Waals surface area contributed by atoms with Gasteiger partial charge in [-0.3, -0.25) is 14.7 Å². The van der Waals surface area contributed by atoms with Gasteiger partial charge in [-0.15, -0.1) is 0 Å². The van der Waals surface area contributed by atoms with Crippen LogP contribution in [0.3, 0.4) is 0 Å². The van der Waals surface area contributed by atoms with Crippen LogP contribution < -0.4 is 26.0 Å². The van der Waals surface area contributed by atoms with E-state index in [0.717, 1.165) is 28.5 Å². The van der Waals surface area contributed by atoms with Gasteiger partial charge in [0.1, 0.15) is 11.3 Å². The van der Waals surface area contributed by atoms with Crippen LogP contribution >= 0.6 is 0 Å². The Morgan fingerprint density at radius 2 is 1.76 bits per heavy atom. The number of rotatable bonds is 7. The summed E-state index contributed by atoms with van der Waals surface area (Å²) in [6.07, 6.45) is 7.03. The van der Waals surface area contributed by atoms with Crippen molar-refractivity contribution in [2.45, 2.75) is 19.9 Å². The van der Waals surface area contributed by atoms with E-state index in [-0.39, 0.29) is 22.9 Å². The number of aromatic nitrogens is 6. The Hall–Kier alpha value is -6.18. The molecule has 13 nitrogen and oxygen atoms in total. The van der Waals surface area contributed by atoms with Crippen molar-refractivity contribution < 1.29 is 23.8 Å². The maximum Gasteiger partial charge on any atom is 0.417 e. The topological polar surface area (TPSA) is 147 Å². The minimum absolute atomic E-state index is 0.0985. The van der Waals surface area contributed by atoms with Crippen LogP contribution in [0.25, 0.3) is 22.5 Å². The molecule has 2 N–H and O–H groups in total. The maximum atomic E-state index is 13.5. The zero-order valence-corrected chi connectivity index (χ0v) is 24.2. The Morgan fingerprint density at radius 1 is 0.978 bits per heavy atom. The number of hydrogen-bond acceptors (Lipinski definition) is 8. The van der Waals surface area contributed by atoms with E-state index in [4.69, 9.17) is 9.47 Å². The molecule has 0 aliphatic carbocycles. The largest absolute Gasteiger partial charge is 0.504 e. The van der Waals surface area contributed by atoms with Gasteiger partial charge >= 0.3 is 17.3 Å². The molecule has 0 atom stereocenters. The summed E-state index contributed by atoms with van der Waals surface area (Å²) in [7, 11) is 1.86. The molecule has 0 bridgehead atoms. The molecule has 0 spiro atoms. The van der Waals surface area contributed by atoms with Crippen LogP contribution in [-0.4, -0.2) is 39.5 Å². The van der Waals surface area contributed by atoms with Crippen LogP contribution in [0, 0.1) is 5.82 Å². The highest BCUT2D eigenvalue weighted by Gasteiger charge is 2.19. The minimum atomic E-state index is -1.05. The first kappa shape index (κ1) is 28.9. The van der Waals surface area contributed by atoms with Crippen LogP contribution in [0.15, 0.2) is 95.3 Å². The SMILES string of the molecule is CC(C)n1cc(OC(=O)Nc2ccc(Oc3cc(-c4cn(C)cn4)cn4nccc34)c(O)c2)c(=O)n(-c2ccc(F)cc2)c1=O. The van der Waals surface area contributed by atoms with Gasteiger partial charge in [-0.25, -0.2) is 28.0 Å². The number of anilines is 1. The number of phenolic OH excluding ortho intramolecular Hbond substituents is 1. The molecular weight excluding hydrogens is 585 g/mol. The van der Waals surface area contributed by atoms with E-state index in [1.165, 1.54) is 34.9 Å². The molecule has 4 heterocycles. The fraction of sp³-hybridized carbons (Fsp3) is 0.129. The van der Waals surface area contributed by atoms with E-state index >= 15 is 0 Å². The molecule has 6 rings (SSSR count). The molecule has 4 aromatic heterocycles. The molecule has 0 saturated heterocycles. The van der Waals surface area contributed by atoms with Crippen LogP contribution in [0.2, 0.25) is 0 Å². The lowest BCUT2D eigenvalue weighted by atomic mass is 10.2. The Kier molecular flexibility index (Phi) is 7.38. The van der Waals surface area contributed by atoms with Crippen molar-refractivity contribution in [2.24, 2.45) is 7.05 Å². The fourth-order valence-electron chi connectivity index (χ4n) is 4.63. The Labute approximate surface area is 254 Å². The van der Waals surface area contributed by atoms with E-state index in [1.807, 2.05) is 24.0 Å². The molecule has 2 aromatic carbocycles. The van der Waals surface area contributed by atoms with E-state index in [0.29, 0.717) is 17.0 Å². The zero-order chi connectivity index (χ0) is 31.8. The summed E-state index contributed by atoms with van der Waals surface area (Å²) in [6.45, 7) is 3.42. The fourth-order valence-corrected chi connectivity index (χ4v) is 4.63. The van der Waals surface area contributed by atoms with Crippen molar-refractivity contribution in [3.8, 4) is 39.9 Å². The predicted molar refractivity (Wildman–Crippen MR) is 162 cm³/mol. The molecular formula is C31H26FN7O6. The van der Waals surface area contributed by atoms with Crippen LogP contribution in [0.1, 0.15) is 19.9 Å². The average Bonchev–Trinajstić information content (AvgIpc) is 3.66. The molecule has 0 fully saturated rings. The van der Waals surface area contributed by atoms with Crippen LogP contribution in [-0.2, 0) is 7.05 Å². The van der Waals surface area contributed by atoms with Crippen LogP contribution in [0.5, 0.6) is 23.0 Å². The van der Waals surface area contributed by atoms with Gasteiger partial charge in [-0.05, 0) is 62.4 Å². The number of ether oxygens (including phenoxy) is 2. The second kappa shape index (κ2) is 11.5. The number of nitrogens with zero attached hydrogens (tertiary/aromatic N) is 6. The molecule has 0 unspecified atom stereocenters. The molecule has 14 heteroatoms. The van der Waals surface area contributed by atoms with Crippen LogP contribution in [0.4, 0.5) is 14.9 Å². The highest BCUT2D eigenvalue weighted by Crippen LogP contribution is 2.36. The smallest absolute Gasteiger partial charge is 0.417 e. The van der Waals surface area contributed by atoms with Gasteiger partial charge in [0.2, 0.25) is 5.75 Å². The average molecular weight is 612 g/mol. The number of fused-ring (bicyclic) bond motifs is 1. The van der Waals surface area contributed by atoms with Crippen molar-refractivity contribution in [3.05, 3.63) is 112 Å². The first-order chi connectivity index (χ1) is 21.6. The third kappa shape index (κ3) is 5.76. The number of phenols is 1. The predicted octanol–water partition coefficient (Wildman–Crippen LogP) is 4.88. The lowest BCUT2D eigenvalue weighted by Gasteiger charge is -2.16. The van der Waals surface area contributed by atoms with Gasteiger partial charge in [-0.2, -0.15) is 5.10 Å². The zero-order valence-electron chi connectivity index (χ0n) is 24.2. The summed E-state index contributed by atoms with van der Waals surface area (Å²) >= 11 is 0. The number of imidazole rings is 1. The molecule has 228 valence electrons. The number of amides is 1. The Bertz CT molecular complexity index is 2180. The van der Waals surface area contributed by atoms with Crippen molar-refractivity contribution in [3.63, 3.8) is 0 Å². The number of aryl methyl sites for hydroxylation is 1. The number of carbonyl (C=O) groups is 1. The lowest BCUT2D eigenvalue weighted by molar-refractivity contribution is 0.213. The van der Waals surface area contributed by atoms with Gasteiger partial charge in [0.15, 0.2) is 17.2 Å². The van der Waals surface area contributed by atoms with E-state index in [9.17, 15) is 23.9 Å². The Morgan fingerprint density at radius 3 is 2.44 bits per heavy atom. The monoisotopic (exact) mass is 611 g/mol. The van der Waals surface area contributed by atoms with Gasteiger partial charge in [-0.1, -0.05) is 0 Å². The number of benzene rings is 2. The number of carbonyl (C=O) groups excluding carboxylic acids is 1. The molecule has 45 heavy (non-hydrogen) atoms. The van der Waals surface area contributed by atoms with Crippen molar-refractivity contribution in [1.82, 2.24) is 28.3 Å². The normalized spacial score (nSPS) is 11.2. The first-order valence-corrected chi connectivity index (χ1v) is 13.7. The number of pyridine rings is 1. The van der Waals surface area contributed by atoms with Crippen molar-refractivity contribution in [1.29, 1.82) is 0 Å². The third-order valence-corrected chi connectivity index (χ3v) is 6.82. The highest BCUT2D eigenvalue weighted by molar-refractivity contribution is 5.86. The summed E-state index contributed by atoms with van der Waals surface area (Å²) in [5.41, 5.74) is 0.732. The molecule has 0 aliphatic heterocycles. The molecule has 1 amide bonds. The quantitative estimate of drug-likeness (QED) is 0.260. The van der Waals surface area contributed by atoms with Gasteiger partial charge < -0.3 is 19.1 Å². The van der Waals surface area contributed by atoms with Crippen molar-refractivity contribution >= 4 is 17.3 Å². The highest BCUT2D eigenvalue weighted by atomic mass is 19.1. The second-order valence-corrected chi connectivity index (χ2v) is 10.4. The number of nitrogens with one attached hydrogen (secondary N) is 1. The minimum Gasteiger partial charge on any atom is -0.504 e. The number of aromatic hydroxyl groups is 1. The van der Waals surface area contributed by atoms with E-state index in [2.05, 4.69) is 15.4 Å². The summed E-state index contributed by atoms with van der Waals surface area (Å²) in [6, 6.07) is 12.1. The van der Waals surface area contributed by atoms with E-state index < -0.39 is 35.0 Å². The van der Waals surface area contributed by atoms with Crippen molar-refractivity contribution in [2.75, 3.05) is 5.32 Å². The van der Waals surface area contributed by atoms with Gasteiger partial charge in [0, 0.05) is 42.8 Å². The molecule has 0 aliphatic rings. The maximum absolute atomic E-state index is 13.5. The molecule has 0 radical (unpaired) electrons. The standard InChI is InChI=1S/C31H26FN7O6/c1-18(2)37-16-28(29(41)39(31(37)43)22-7-4-20(32)5-8-22)45-30(42)35-21-6-9-26(25(40)13-21)44-27-12-19(23-15-36(3)17-33-23)14-38-24(27)10-11-34-38/h4-18,40H,1-3H3,(H,35,42). The molecule has 0 saturated carbocycles. The summed E-state index contributed by atoms with van der Waals surface area (Å²) < 4.78 is 30.3. The molecule has 6 aromatic rings. The summed E-state index contributed by atoms with van der Waals surface area (Å²) in [5.74, 6) is -0.770. The van der Waals surface area contributed by atoms with Gasteiger partial charge in [0.25, 0.3) is 0 Å². The summed E-state index contributed by atoms with van der Waals surface area (Å²) in [5, 5.41) is 17.5. The third-order valence-electron chi connectivity index (χ3n) is 6.82. The first-order valence-electron chi connectivity index (χ1n) is 13.7. The number of halogens is 1. The Balaban J connectivity index is 1.24. The summed E-state index contributed by atoms with van der Waals surface area (Å²) in [4.78, 5) is 43.4. The van der Waals surface area contributed by atoms with E-state index in [1.54, 1.807) is 43.0 Å².